The van der Waals surface area contributed by atoms with Crippen LogP contribution in [0.3, 0.4) is 0 Å². The van der Waals surface area contributed by atoms with E-state index in [4.69, 9.17) is 5.84 Å². The minimum Gasteiger partial charge on any atom is -0.334 e. The van der Waals surface area contributed by atoms with Crippen LogP contribution in [0.5, 0.6) is 0 Å². The number of nitrogens with two attached hydrogens (primary N) is 1. The maximum absolute atomic E-state index is 5.51. The van der Waals surface area contributed by atoms with Gasteiger partial charge in [0.25, 0.3) is 0 Å². The molecule has 1 heterocycles. The molecule has 1 atom stereocenters. The third kappa shape index (κ3) is 2.56. The Morgan fingerprint density at radius 3 is 2.86 bits per heavy atom. The molecule has 0 bridgehead atoms. The summed E-state index contributed by atoms with van der Waals surface area (Å²) in [7, 11) is 0. The fraction of sp³-hybridized carbons (Fsp3) is 0.700. The molecule has 1 aromatic rings. The van der Waals surface area contributed by atoms with Gasteiger partial charge in [0.15, 0.2) is 0 Å². The molecule has 80 valence electrons. The van der Waals surface area contributed by atoms with E-state index in [0.29, 0.717) is 0 Å². The Hall–Kier alpha value is -0.870. The minimum atomic E-state index is 0.182. The molecule has 0 spiro atoms. The zero-order chi connectivity index (χ0) is 10.4. The number of rotatable bonds is 6. The van der Waals surface area contributed by atoms with E-state index in [1.807, 2.05) is 12.4 Å². The SMILES string of the molecule is CCCC(NN)c1nccn1CCC. The van der Waals surface area contributed by atoms with Gasteiger partial charge in [0.1, 0.15) is 5.82 Å². The van der Waals surface area contributed by atoms with Crippen molar-refractivity contribution >= 4 is 0 Å². The van der Waals surface area contributed by atoms with Crippen molar-refractivity contribution in [1.82, 2.24) is 15.0 Å². The first kappa shape index (κ1) is 11.2. The molecule has 1 rings (SSSR count). The van der Waals surface area contributed by atoms with Gasteiger partial charge in [-0.3, -0.25) is 5.84 Å². The van der Waals surface area contributed by atoms with Crippen LogP contribution in [-0.4, -0.2) is 9.55 Å². The molecule has 1 aromatic heterocycles. The van der Waals surface area contributed by atoms with Crippen LogP contribution < -0.4 is 11.3 Å². The Bertz CT molecular complexity index is 256. The van der Waals surface area contributed by atoms with E-state index in [2.05, 4.69) is 28.8 Å². The third-order valence-electron chi connectivity index (χ3n) is 2.30. The molecule has 4 heteroatoms. The molecule has 0 aromatic carbocycles. The van der Waals surface area contributed by atoms with E-state index in [-0.39, 0.29) is 6.04 Å². The minimum absolute atomic E-state index is 0.182. The first-order valence-electron chi connectivity index (χ1n) is 5.30. The van der Waals surface area contributed by atoms with E-state index in [1.54, 1.807) is 0 Å². The second kappa shape index (κ2) is 5.78. The highest BCUT2D eigenvalue weighted by Gasteiger charge is 2.13. The van der Waals surface area contributed by atoms with E-state index in [0.717, 1.165) is 31.6 Å². The zero-order valence-electron chi connectivity index (χ0n) is 9.03. The highest BCUT2D eigenvalue weighted by Crippen LogP contribution is 2.15. The molecule has 0 amide bonds. The summed E-state index contributed by atoms with van der Waals surface area (Å²) < 4.78 is 2.17. The van der Waals surface area contributed by atoms with E-state index in [9.17, 15) is 0 Å². The Balaban J connectivity index is 2.74. The predicted molar refractivity (Wildman–Crippen MR) is 57.5 cm³/mol. The predicted octanol–water partition coefficient (Wildman–Crippen LogP) is 1.60. The van der Waals surface area contributed by atoms with Gasteiger partial charge in [-0.25, -0.2) is 10.4 Å². The third-order valence-corrected chi connectivity index (χ3v) is 2.30. The van der Waals surface area contributed by atoms with Crippen molar-refractivity contribution in [2.75, 3.05) is 0 Å². The van der Waals surface area contributed by atoms with Gasteiger partial charge in [-0.1, -0.05) is 20.3 Å². The van der Waals surface area contributed by atoms with Gasteiger partial charge < -0.3 is 4.57 Å². The maximum Gasteiger partial charge on any atom is 0.127 e. The number of hydrazine groups is 1. The van der Waals surface area contributed by atoms with Gasteiger partial charge in [0, 0.05) is 18.9 Å². The number of nitrogens with one attached hydrogen (secondary N) is 1. The Kier molecular flexibility index (Phi) is 4.62. The van der Waals surface area contributed by atoms with Crippen LogP contribution in [-0.2, 0) is 6.54 Å². The molecule has 3 N–H and O–H groups in total. The average molecular weight is 196 g/mol. The van der Waals surface area contributed by atoms with Crippen LogP contribution in [0.15, 0.2) is 12.4 Å². The van der Waals surface area contributed by atoms with Crippen LogP contribution in [0, 0.1) is 0 Å². The lowest BCUT2D eigenvalue weighted by Gasteiger charge is -2.16. The summed E-state index contributed by atoms with van der Waals surface area (Å²) in [6.45, 7) is 5.32. The molecule has 0 radical (unpaired) electrons. The van der Waals surface area contributed by atoms with Crippen LogP contribution in [0.1, 0.15) is 45.0 Å². The topological polar surface area (TPSA) is 55.9 Å². The van der Waals surface area contributed by atoms with Crippen LogP contribution >= 0.6 is 0 Å². The summed E-state index contributed by atoms with van der Waals surface area (Å²) in [6.07, 6.45) is 7.10. The highest BCUT2D eigenvalue weighted by atomic mass is 15.3. The van der Waals surface area contributed by atoms with E-state index < -0.39 is 0 Å². The fourth-order valence-electron chi connectivity index (χ4n) is 1.64. The highest BCUT2D eigenvalue weighted by molar-refractivity contribution is 4.98. The molecular weight excluding hydrogens is 176 g/mol. The number of hydrogen-bond donors (Lipinski definition) is 2. The van der Waals surface area contributed by atoms with Gasteiger partial charge in [-0.2, -0.15) is 0 Å². The molecule has 14 heavy (non-hydrogen) atoms. The monoisotopic (exact) mass is 196 g/mol. The van der Waals surface area contributed by atoms with Crippen LogP contribution in [0.2, 0.25) is 0 Å². The summed E-state index contributed by atoms with van der Waals surface area (Å²) in [5.74, 6) is 6.56. The summed E-state index contributed by atoms with van der Waals surface area (Å²) in [6, 6.07) is 0.182. The second-order valence-electron chi connectivity index (χ2n) is 3.49. The normalized spacial score (nSPS) is 13.1. The lowest BCUT2D eigenvalue weighted by molar-refractivity contribution is 0.459. The molecule has 0 aliphatic carbocycles. The summed E-state index contributed by atoms with van der Waals surface area (Å²) >= 11 is 0. The summed E-state index contributed by atoms with van der Waals surface area (Å²) in [5.41, 5.74) is 2.82. The fourth-order valence-corrected chi connectivity index (χ4v) is 1.64. The van der Waals surface area contributed by atoms with E-state index >= 15 is 0 Å². The Morgan fingerprint density at radius 2 is 2.29 bits per heavy atom. The number of hydrogen-bond acceptors (Lipinski definition) is 3. The maximum atomic E-state index is 5.51. The molecule has 0 fully saturated rings. The molecule has 0 aliphatic heterocycles. The van der Waals surface area contributed by atoms with Crippen molar-refractivity contribution in [2.45, 2.75) is 45.7 Å². The lowest BCUT2D eigenvalue weighted by Crippen LogP contribution is -2.30. The van der Waals surface area contributed by atoms with Crippen molar-refractivity contribution in [2.24, 2.45) is 5.84 Å². The molecule has 0 aliphatic rings. The van der Waals surface area contributed by atoms with Crippen LogP contribution in [0.4, 0.5) is 0 Å². The molecule has 0 saturated heterocycles. The largest absolute Gasteiger partial charge is 0.334 e. The molecular formula is C10H20N4. The quantitative estimate of drug-likeness (QED) is 0.536. The summed E-state index contributed by atoms with van der Waals surface area (Å²) in [5, 5.41) is 0. The first-order valence-corrected chi connectivity index (χ1v) is 5.30. The lowest BCUT2D eigenvalue weighted by atomic mass is 10.1. The summed E-state index contributed by atoms with van der Waals surface area (Å²) in [4.78, 5) is 4.35. The van der Waals surface area contributed by atoms with Gasteiger partial charge in [-0.05, 0) is 12.8 Å². The number of aromatic nitrogens is 2. The van der Waals surface area contributed by atoms with E-state index in [1.165, 1.54) is 0 Å². The molecule has 4 nitrogen and oxygen atoms in total. The zero-order valence-corrected chi connectivity index (χ0v) is 9.03. The van der Waals surface area contributed by atoms with Gasteiger partial charge in [-0.15, -0.1) is 0 Å². The Morgan fingerprint density at radius 1 is 1.50 bits per heavy atom. The van der Waals surface area contributed by atoms with Gasteiger partial charge in [0.2, 0.25) is 0 Å². The van der Waals surface area contributed by atoms with Crippen molar-refractivity contribution in [3.05, 3.63) is 18.2 Å². The van der Waals surface area contributed by atoms with Gasteiger partial charge in [0.05, 0.1) is 6.04 Å². The van der Waals surface area contributed by atoms with Crippen molar-refractivity contribution < 1.29 is 0 Å². The van der Waals surface area contributed by atoms with Gasteiger partial charge >= 0.3 is 0 Å². The van der Waals surface area contributed by atoms with Crippen molar-refractivity contribution in [1.29, 1.82) is 0 Å². The van der Waals surface area contributed by atoms with Crippen LogP contribution in [0.25, 0.3) is 0 Å². The molecule has 1 unspecified atom stereocenters. The molecule has 0 saturated carbocycles. The standard InChI is InChI=1S/C10H20N4/c1-3-5-9(13-11)10-12-6-8-14(10)7-4-2/h6,8-9,13H,3-5,7,11H2,1-2H3. The first-order chi connectivity index (χ1) is 6.83. The smallest absolute Gasteiger partial charge is 0.127 e. The second-order valence-corrected chi connectivity index (χ2v) is 3.49. The number of aryl methyl sites for hydroxylation is 1. The number of imidazole rings is 1. The number of nitrogens with zero attached hydrogens (tertiary/aromatic N) is 2. The average Bonchev–Trinajstić information content (AvgIpc) is 2.63. The van der Waals surface area contributed by atoms with Crippen molar-refractivity contribution in [3.8, 4) is 0 Å². The Labute approximate surface area is 85.5 Å². The van der Waals surface area contributed by atoms with Crippen molar-refractivity contribution in [3.63, 3.8) is 0 Å².